The van der Waals surface area contributed by atoms with Gasteiger partial charge in [0, 0.05) is 38.4 Å². The van der Waals surface area contributed by atoms with Crippen molar-refractivity contribution >= 4 is 24.1 Å². The fraction of sp³-hybridized carbons (Fsp3) is 0.462. The number of carboxylic acids is 1. The van der Waals surface area contributed by atoms with Crippen LogP contribution in [-0.2, 0) is 0 Å². The van der Waals surface area contributed by atoms with Crippen LogP contribution in [-0.4, -0.2) is 60.4 Å². The van der Waals surface area contributed by atoms with Gasteiger partial charge in [-0.3, -0.25) is 4.90 Å². The molecule has 106 valence electrons. The van der Waals surface area contributed by atoms with Gasteiger partial charge in [0.25, 0.3) is 0 Å². The summed E-state index contributed by atoms with van der Waals surface area (Å²) in [6, 6.07) is 6.98. The van der Waals surface area contributed by atoms with Crippen LogP contribution in [0, 0.1) is 0 Å². The number of aromatic carboxylic acids is 1. The molecule has 1 aromatic carbocycles. The van der Waals surface area contributed by atoms with E-state index in [1.807, 2.05) is 12.1 Å². The zero-order valence-corrected chi connectivity index (χ0v) is 11.5. The van der Waals surface area contributed by atoms with Gasteiger partial charge in [0.2, 0.25) is 0 Å². The zero-order chi connectivity index (χ0) is 13.0. The Bertz CT molecular complexity index is 403. The zero-order valence-electron chi connectivity index (χ0n) is 10.7. The smallest absolute Gasteiger partial charge is 0.335 e. The molecule has 1 fully saturated rings. The lowest BCUT2D eigenvalue weighted by molar-refractivity contribution is 0.0697. The summed E-state index contributed by atoms with van der Waals surface area (Å²) in [5, 5.41) is 17.7. The fourth-order valence-electron chi connectivity index (χ4n) is 2.19. The Labute approximate surface area is 118 Å². The molecule has 1 heterocycles. The lowest BCUT2D eigenvalue weighted by Gasteiger charge is -2.35. The van der Waals surface area contributed by atoms with E-state index >= 15 is 0 Å². The molecular formula is C13H19ClN2O3. The van der Waals surface area contributed by atoms with Crippen molar-refractivity contribution in [3.05, 3.63) is 29.8 Å². The highest BCUT2D eigenvalue weighted by molar-refractivity contribution is 5.88. The van der Waals surface area contributed by atoms with Crippen LogP contribution >= 0.6 is 12.4 Å². The molecule has 0 amide bonds. The molecule has 1 aliphatic rings. The van der Waals surface area contributed by atoms with Gasteiger partial charge in [0.05, 0.1) is 12.2 Å². The number of aliphatic hydroxyl groups excluding tert-OH is 1. The topological polar surface area (TPSA) is 64.0 Å². The largest absolute Gasteiger partial charge is 0.478 e. The monoisotopic (exact) mass is 286 g/mol. The van der Waals surface area contributed by atoms with Gasteiger partial charge in [-0.2, -0.15) is 0 Å². The highest BCUT2D eigenvalue weighted by atomic mass is 35.5. The van der Waals surface area contributed by atoms with Crippen molar-refractivity contribution in [1.29, 1.82) is 0 Å². The van der Waals surface area contributed by atoms with E-state index in [1.54, 1.807) is 12.1 Å². The van der Waals surface area contributed by atoms with Gasteiger partial charge >= 0.3 is 5.97 Å². The summed E-state index contributed by atoms with van der Waals surface area (Å²) in [5.74, 6) is -0.894. The molecule has 0 aliphatic carbocycles. The van der Waals surface area contributed by atoms with Crippen molar-refractivity contribution in [1.82, 2.24) is 4.90 Å². The average molecular weight is 287 g/mol. The lowest BCUT2D eigenvalue weighted by atomic mass is 10.2. The number of hydrogen-bond acceptors (Lipinski definition) is 4. The van der Waals surface area contributed by atoms with E-state index in [9.17, 15) is 4.79 Å². The summed E-state index contributed by atoms with van der Waals surface area (Å²) in [6.07, 6.45) is 0. The number of carboxylic acid groups (broad SMARTS) is 1. The number of benzene rings is 1. The van der Waals surface area contributed by atoms with E-state index in [2.05, 4.69) is 9.80 Å². The molecule has 2 rings (SSSR count). The van der Waals surface area contributed by atoms with Gasteiger partial charge in [-0.1, -0.05) is 0 Å². The third kappa shape index (κ3) is 4.09. The first-order chi connectivity index (χ1) is 8.70. The van der Waals surface area contributed by atoms with E-state index in [1.165, 1.54) is 0 Å². The van der Waals surface area contributed by atoms with Crippen LogP contribution < -0.4 is 4.90 Å². The average Bonchev–Trinajstić information content (AvgIpc) is 2.40. The number of piperazine rings is 1. The number of β-amino-alcohol motifs (C(OH)–C–C–N with tert-alkyl or cyclic N) is 1. The maximum absolute atomic E-state index is 10.8. The van der Waals surface area contributed by atoms with Crippen molar-refractivity contribution in [2.45, 2.75) is 0 Å². The minimum atomic E-state index is -0.894. The normalized spacial score (nSPS) is 15.9. The molecule has 0 atom stereocenters. The van der Waals surface area contributed by atoms with Crippen LogP contribution in [0.1, 0.15) is 10.4 Å². The first kappa shape index (κ1) is 15.8. The molecule has 1 saturated heterocycles. The standard InChI is InChI=1S/C13H18N2O3.ClH/c16-10-9-14-5-7-15(8-6-14)12-3-1-11(2-4-12)13(17)18;/h1-4,16H,5-10H2,(H,17,18);1H. The summed E-state index contributed by atoms with van der Waals surface area (Å²) in [4.78, 5) is 15.2. The van der Waals surface area contributed by atoms with Crippen LogP contribution in [0.2, 0.25) is 0 Å². The predicted octanol–water partition coefficient (Wildman–Crippen LogP) is 0.921. The highest BCUT2D eigenvalue weighted by Crippen LogP contribution is 2.17. The van der Waals surface area contributed by atoms with Crippen LogP contribution in [0.5, 0.6) is 0 Å². The minimum absolute atomic E-state index is 0. The Balaban J connectivity index is 0.00000180. The maximum Gasteiger partial charge on any atom is 0.335 e. The van der Waals surface area contributed by atoms with E-state index in [4.69, 9.17) is 10.2 Å². The van der Waals surface area contributed by atoms with Gasteiger partial charge in [-0.15, -0.1) is 12.4 Å². The van der Waals surface area contributed by atoms with Crippen LogP contribution in [0.25, 0.3) is 0 Å². The second-order valence-corrected chi connectivity index (χ2v) is 4.40. The van der Waals surface area contributed by atoms with Crippen molar-refractivity contribution in [2.24, 2.45) is 0 Å². The number of halogens is 1. The molecule has 19 heavy (non-hydrogen) atoms. The summed E-state index contributed by atoms with van der Waals surface area (Å²) in [5.41, 5.74) is 1.38. The number of anilines is 1. The number of rotatable bonds is 4. The van der Waals surface area contributed by atoms with E-state index < -0.39 is 5.97 Å². The molecule has 0 unspecified atom stereocenters. The molecule has 0 aromatic heterocycles. The van der Waals surface area contributed by atoms with Crippen molar-refractivity contribution in [3.8, 4) is 0 Å². The van der Waals surface area contributed by atoms with Crippen molar-refractivity contribution in [2.75, 3.05) is 44.2 Å². The molecule has 0 saturated carbocycles. The predicted molar refractivity (Wildman–Crippen MR) is 76.4 cm³/mol. The van der Waals surface area contributed by atoms with E-state index in [-0.39, 0.29) is 19.0 Å². The van der Waals surface area contributed by atoms with Crippen LogP contribution in [0.15, 0.2) is 24.3 Å². The summed E-state index contributed by atoms with van der Waals surface area (Å²) in [6.45, 7) is 4.61. The number of carbonyl (C=O) groups is 1. The van der Waals surface area contributed by atoms with E-state index in [0.717, 1.165) is 38.4 Å². The second kappa shape index (κ2) is 7.33. The van der Waals surface area contributed by atoms with Gasteiger partial charge in [-0.25, -0.2) is 4.79 Å². The minimum Gasteiger partial charge on any atom is -0.478 e. The molecule has 2 N–H and O–H groups in total. The second-order valence-electron chi connectivity index (χ2n) is 4.40. The third-order valence-corrected chi connectivity index (χ3v) is 3.27. The molecule has 0 radical (unpaired) electrons. The molecule has 5 nitrogen and oxygen atoms in total. The Morgan fingerprint density at radius 1 is 1.11 bits per heavy atom. The Morgan fingerprint density at radius 2 is 1.68 bits per heavy atom. The third-order valence-electron chi connectivity index (χ3n) is 3.27. The van der Waals surface area contributed by atoms with Crippen molar-refractivity contribution < 1.29 is 15.0 Å². The SMILES string of the molecule is Cl.O=C(O)c1ccc(N2CCN(CCO)CC2)cc1. The van der Waals surface area contributed by atoms with Gasteiger partial charge in [-0.05, 0) is 24.3 Å². The molecule has 6 heteroatoms. The number of hydrogen-bond donors (Lipinski definition) is 2. The van der Waals surface area contributed by atoms with Gasteiger partial charge in [0.15, 0.2) is 0 Å². The lowest BCUT2D eigenvalue weighted by Crippen LogP contribution is -2.47. The van der Waals surface area contributed by atoms with E-state index in [0.29, 0.717) is 5.56 Å². The van der Waals surface area contributed by atoms with Crippen molar-refractivity contribution in [3.63, 3.8) is 0 Å². The van der Waals surface area contributed by atoms with Gasteiger partial charge in [0.1, 0.15) is 0 Å². The fourth-order valence-corrected chi connectivity index (χ4v) is 2.19. The number of nitrogens with zero attached hydrogens (tertiary/aromatic N) is 2. The Hall–Kier alpha value is -1.30. The molecule has 1 aliphatic heterocycles. The molecule has 0 spiro atoms. The quantitative estimate of drug-likeness (QED) is 0.862. The van der Waals surface area contributed by atoms with Gasteiger partial charge < -0.3 is 15.1 Å². The molecule has 1 aromatic rings. The Kier molecular flexibility index (Phi) is 6.08. The summed E-state index contributed by atoms with van der Waals surface area (Å²) >= 11 is 0. The molecular weight excluding hydrogens is 268 g/mol. The summed E-state index contributed by atoms with van der Waals surface area (Å²) in [7, 11) is 0. The maximum atomic E-state index is 10.8. The Morgan fingerprint density at radius 3 is 2.16 bits per heavy atom. The first-order valence-electron chi connectivity index (χ1n) is 6.12. The first-order valence-corrected chi connectivity index (χ1v) is 6.12. The van der Waals surface area contributed by atoms with Crippen LogP contribution in [0.3, 0.4) is 0 Å². The summed E-state index contributed by atoms with van der Waals surface area (Å²) < 4.78 is 0. The van der Waals surface area contributed by atoms with Crippen LogP contribution in [0.4, 0.5) is 5.69 Å². The highest BCUT2D eigenvalue weighted by Gasteiger charge is 2.16. The molecule has 0 bridgehead atoms. The number of aliphatic hydroxyl groups is 1.